The van der Waals surface area contributed by atoms with Crippen molar-refractivity contribution in [1.29, 1.82) is 0 Å². The minimum atomic E-state index is -4.14. The van der Waals surface area contributed by atoms with Gasteiger partial charge in [-0.2, -0.15) is 0 Å². The van der Waals surface area contributed by atoms with E-state index in [1.807, 2.05) is 6.92 Å². The average molecular weight is 383 g/mol. The number of benzene rings is 1. The zero-order chi connectivity index (χ0) is 16.2. The number of carbonyl (C=O) groups is 1. The Morgan fingerprint density at radius 2 is 2.10 bits per heavy atom. The molecule has 2 N–H and O–H groups in total. The van der Waals surface area contributed by atoms with Crippen LogP contribution in [0.5, 0.6) is 0 Å². The van der Waals surface area contributed by atoms with Crippen LogP contribution in [-0.2, 0) is 14.8 Å². The smallest absolute Gasteiger partial charge is 0.254 e. The van der Waals surface area contributed by atoms with Crippen LogP contribution in [0.4, 0.5) is 4.39 Å². The molecule has 0 saturated heterocycles. The molecule has 6 nitrogen and oxygen atoms in total. The van der Waals surface area contributed by atoms with Crippen molar-refractivity contribution in [3.63, 3.8) is 0 Å². The Hall–Kier alpha value is -1.03. The summed E-state index contributed by atoms with van der Waals surface area (Å²) in [6, 6.07) is 1.72. The Bertz CT molecular complexity index is 636. The predicted octanol–water partition coefficient (Wildman–Crippen LogP) is 1.34. The van der Waals surface area contributed by atoms with Gasteiger partial charge in [-0.1, -0.05) is 0 Å². The third-order valence-electron chi connectivity index (χ3n) is 2.66. The maximum atomic E-state index is 13.5. The quantitative estimate of drug-likeness (QED) is 0.751. The summed E-state index contributed by atoms with van der Waals surface area (Å²) in [5, 5.41) is 5.00. The van der Waals surface area contributed by atoms with Gasteiger partial charge in [0.15, 0.2) is 0 Å². The maximum Gasteiger partial charge on any atom is 0.254 e. The Morgan fingerprint density at radius 3 is 2.62 bits per heavy atom. The second kappa shape index (κ2) is 7.30. The van der Waals surface area contributed by atoms with Crippen LogP contribution < -0.4 is 5.14 Å². The van der Waals surface area contributed by atoms with E-state index in [4.69, 9.17) is 9.88 Å². The first-order valence-corrected chi connectivity index (χ1v) is 8.37. The number of amides is 1. The van der Waals surface area contributed by atoms with Crippen molar-refractivity contribution in [2.24, 2.45) is 5.14 Å². The summed E-state index contributed by atoms with van der Waals surface area (Å²) in [7, 11) is -2.63. The van der Waals surface area contributed by atoms with Crippen molar-refractivity contribution >= 4 is 31.9 Å². The molecule has 0 spiro atoms. The van der Waals surface area contributed by atoms with E-state index in [0.29, 0.717) is 19.8 Å². The Balaban J connectivity index is 3.13. The van der Waals surface area contributed by atoms with Crippen molar-refractivity contribution in [2.45, 2.75) is 11.8 Å². The number of ether oxygens (including phenoxy) is 1. The maximum absolute atomic E-state index is 13.5. The van der Waals surface area contributed by atoms with Gasteiger partial charge in [-0.15, -0.1) is 0 Å². The molecule has 1 rings (SSSR count). The highest BCUT2D eigenvalue weighted by Gasteiger charge is 2.23. The van der Waals surface area contributed by atoms with Crippen molar-refractivity contribution in [1.82, 2.24) is 4.90 Å². The van der Waals surface area contributed by atoms with Gasteiger partial charge >= 0.3 is 0 Å². The van der Waals surface area contributed by atoms with Crippen LogP contribution in [0.15, 0.2) is 21.5 Å². The fourth-order valence-electron chi connectivity index (χ4n) is 1.58. The molecule has 0 aromatic heterocycles. The summed E-state index contributed by atoms with van der Waals surface area (Å²) >= 11 is 3.00. The van der Waals surface area contributed by atoms with Crippen LogP contribution in [-0.4, -0.2) is 46.0 Å². The van der Waals surface area contributed by atoms with Crippen LogP contribution in [0.3, 0.4) is 0 Å². The summed E-state index contributed by atoms with van der Waals surface area (Å²) in [6.07, 6.45) is 0. The summed E-state index contributed by atoms with van der Waals surface area (Å²) in [5.41, 5.74) is -0.113. The number of hydrogen-bond donors (Lipinski definition) is 1. The van der Waals surface area contributed by atoms with Gasteiger partial charge in [0.25, 0.3) is 5.91 Å². The standard InChI is InChI=1S/C12H16BrFN2O4S/c1-3-20-5-4-16(2)12(17)9-6-8(14)7-10(11(9)13)21(15,18)19/h6-7H,3-5H2,1-2H3,(H2,15,18,19). The van der Waals surface area contributed by atoms with Crippen molar-refractivity contribution in [3.05, 3.63) is 28.0 Å². The first-order chi connectivity index (χ1) is 9.68. The molecule has 0 bridgehead atoms. The van der Waals surface area contributed by atoms with Crippen LogP contribution in [0.1, 0.15) is 17.3 Å². The van der Waals surface area contributed by atoms with Crippen molar-refractivity contribution in [3.8, 4) is 0 Å². The molecule has 0 aliphatic rings. The highest BCUT2D eigenvalue weighted by molar-refractivity contribution is 9.10. The molecule has 21 heavy (non-hydrogen) atoms. The van der Waals surface area contributed by atoms with Gasteiger partial charge in [0, 0.05) is 20.2 Å². The SMILES string of the molecule is CCOCCN(C)C(=O)c1cc(F)cc(S(N)(=O)=O)c1Br. The molecule has 0 aliphatic carbocycles. The van der Waals surface area contributed by atoms with Gasteiger partial charge < -0.3 is 9.64 Å². The Kier molecular flexibility index (Phi) is 6.26. The molecule has 0 aliphatic heterocycles. The van der Waals surface area contributed by atoms with E-state index in [2.05, 4.69) is 15.9 Å². The Morgan fingerprint density at radius 1 is 1.48 bits per heavy atom. The molecule has 0 fully saturated rings. The lowest BCUT2D eigenvalue weighted by Gasteiger charge is -2.18. The van der Waals surface area contributed by atoms with Gasteiger partial charge in [-0.25, -0.2) is 17.9 Å². The number of nitrogens with zero attached hydrogens (tertiary/aromatic N) is 1. The van der Waals surface area contributed by atoms with Crippen LogP contribution in [0.25, 0.3) is 0 Å². The van der Waals surface area contributed by atoms with Crippen LogP contribution in [0.2, 0.25) is 0 Å². The molecular weight excluding hydrogens is 367 g/mol. The minimum Gasteiger partial charge on any atom is -0.380 e. The number of nitrogens with two attached hydrogens (primary N) is 1. The number of carbonyl (C=O) groups excluding carboxylic acids is 1. The molecule has 0 radical (unpaired) electrons. The first kappa shape index (κ1) is 18.0. The third-order valence-corrected chi connectivity index (χ3v) is 4.71. The number of sulfonamides is 1. The second-order valence-corrected chi connectivity index (χ2v) is 6.56. The monoisotopic (exact) mass is 382 g/mol. The lowest BCUT2D eigenvalue weighted by molar-refractivity contribution is 0.0708. The largest absolute Gasteiger partial charge is 0.380 e. The molecule has 9 heteroatoms. The summed E-state index contributed by atoms with van der Waals surface area (Å²) < 4.78 is 41.4. The molecule has 1 aromatic carbocycles. The number of halogens is 2. The molecule has 0 atom stereocenters. The number of primary sulfonamides is 1. The van der Waals surface area contributed by atoms with Gasteiger partial charge in [0.2, 0.25) is 10.0 Å². The molecule has 118 valence electrons. The molecule has 0 heterocycles. The highest BCUT2D eigenvalue weighted by Crippen LogP contribution is 2.27. The summed E-state index contributed by atoms with van der Waals surface area (Å²) in [4.78, 5) is 13.1. The predicted molar refractivity (Wildman–Crippen MR) is 78.9 cm³/mol. The van der Waals surface area contributed by atoms with E-state index in [-0.39, 0.29) is 10.0 Å². The van der Waals surface area contributed by atoms with E-state index in [1.165, 1.54) is 11.9 Å². The molecular formula is C12H16BrFN2O4S. The van der Waals surface area contributed by atoms with Crippen LogP contribution in [0, 0.1) is 5.82 Å². The van der Waals surface area contributed by atoms with Crippen LogP contribution >= 0.6 is 15.9 Å². The van der Waals surface area contributed by atoms with Gasteiger partial charge in [0.1, 0.15) is 5.82 Å². The third kappa shape index (κ3) is 4.73. The van der Waals surface area contributed by atoms with E-state index >= 15 is 0 Å². The highest BCUT2D eigenvalue weighted by atomic mass is 79.9. The zero-order valence-corrected chi connectivity index (χ0v) is 14.0. The average Bonchev–Trinajstić information content (AvgIpc) is 2.39. The molecule has 1 amide bonds. The lowest BCUT2D eigenvalue weighted by Crippen LogP contribution is -2.31. The fourth-order valence-corrected chi connectivity index (χ4v) is 3.29. The van der Waals surface area contributed by atoms with Gasteiger partial charge in [-0.3, -0.25) is 4.79 Å². The fraction of sp³-hybridized carbons (Fsp3) is 0.417. The van der Waals surface area contributed by atoms with Gasteiger partial charge in [-0.05, 0) is 35.0 Å². The minimum absolute atomic E-state index is 0.0559. The summed E-state index contributed by atoms with van der Waals surface area (Å²) in [6.45, 7) is 2.96. The second-order valence-electron chi connectivity index (χ2n) is 4.23. The number of rotatable bonds is 6. The lowest BCUT2D eigenvalue weighted by atomic mass is 10.2. The number of hydrogen-bond acceptors (Lipinski definition) is 4. The van der Waals surface area contributed by atoms with Crippen molar-refractivity contribution in [2.75, 3.05) is 26.8 Å². The van der Waals surface area contributed by atoms with E-state index < -0.39 is 26.6 Å². The molecule has 0 saturated carbocycles. The van der Waals surface area contributed by atoms with Gasteiger partial charge in [0.05, 0.1) is 21.5 Å². The topological polar surface area (TPSA) is 89.7 Å². The zero-order valence-electron chi connectivity index (χ0n) is 11.6. The molecule has 0 unspecified atom stereocenters. The molecule has 1 aromatic rings. The Labute approximate surface area is 131 Å². The normalized spacial score (nSPS) is 11.5. The summed E-state index contributed by atoms with van der Waals surface area (Å²) in [5.74, 6) is -1.39. The van der Waals surface area contributed by atoms with E-state index in [0.717, 1.165) is 12.1 Å². The van der Waals surface area contributed by atoms with E-state index in [9.17, 15) is 17.6 Å². The van der Waals surface area contributed by atoms with E-state index in [1.54, 1.807) is 0 Å². The first-order valence-electron chi connectivity index (χ1n) is 6.03. The van der Waals surface area contributed by atoms with Crippen molar-refractivity contribution < 1.29 is 22.3 Å². The number of likely N-dealkylation sites (N-methyl/N-ethyl adjacent to an activating group) is 1.